The molecule has 0 aromatic carbocycles. The Morgan fingerprint density at radius 2 is 2.27 bits per heavy atom. The van der Waals surface area contributed by atoms with Crippen LogP contribution >= 0.6 is 0 Å². The van der Waals surface area contributed by atoms with Crippen molar-refractivity contribution in [2.24, 2.45) is 5.92 Å². The van der Waals surface area contributed by atoms with Gasteiger partial charge in [0.05, 0.1) is 0 Å². The lowest BCUT2D eigenvalue weighted by Crippen LogP contribution is -2.66. The van der Waals surface area contributed by atoms with Crippen LogP contribution in [0.3, 0.4) is 0 Å². The molecule has 2 bridgehead atoms. The lowest BCUT2D eigenvalue weighted by Gasteiger charge is -2.55. The van der Waals surface area contributed by atoms with Crippen molar-refractivity contribution >= 4 is 0 Å². The van der Waals surface area contributed by atoms with Crippen LogP contribution in [-0.4, -0.2) is 11.6 Å². The normalized spacial score (nSPS) is 42.3. The highest BCUT2D eigenvalue weighted by Gasteiger charge is 2.45. The van der Waals surface area contributed by atoms with E-state index in [4.69, 9.17) is 0 Å². The van der Waals surface area contributed by atoms with Crippen LogP contribution < -0.4 is 5.32 Å². The molecule has 1 N–H and O–H groups in total. The molecule has 2 saturated heterocycles. The van der Waals surface area contributed by atoms with Crippen LogP contribution in [0, 0.1) is 5.92 Å². The maximum absolute atomic E-state index is 3.72. The van der Waals surface area contributed by atoms with E-state index in [1.165, 1.54) is 32.1 Å². The number of hydrogen-bond donors (Lipinski definition) is 1. The SMILES string of the molecule is CC(C)CC12CCCC(C1)N2. The Morgan fingerprint density at radius 3 is 2.73 bits per heavy atom. The number of fused-ring (bicyclic) bond motifs is 2. The largest absolute Gasteiger partial charge is 0.308 e. The van der Waals surface area contributed by atoms with Crippen molar-refractivity contribution in [1.29, 1.82) is 0 Å². The van der Waals surface area contributed by atoms with Crippen LogP contribution in [-0.2, 0) is 0 Å². The van der Waals surface area contributed by atoms with E-state index in [-0.39, 0.29) is 0 Å². The lowest BCUT2D eigenvalue weighted by molar-refractivity contribution is 0.0515. The fourth-order valence-electron chi connectivity index (χ4n) is 2.94. The molecule has 2 aliphatic heterocycles. The minimum absolute atomic E-state index is 0.594. The van der Waals surface area contributed by atoms with Gasteiger partial charge in [0.15, 0.2) is 0 Å². The van der Waals surface area contributed by atoms with Gasteiger partial charge in [0.25, 0.3) is 0 Å². The van der Waals surface area contributed by atoms with Crippen molar-refractivity contribution in [1.82, 2.24) is 5.32 Å². The molecule has 1 saturated carbocycles. The molecule has 0 amide bonds. The first kappa shape index (κ1) is 7.60. The van der Waals surface area contributed by atoms with Crippen molar-refractivity contribution in [3.8, 4) is 0 Å². The molecule has 0 aromatic rings. The Labute approximate surface area is 69.6 Å². The van der Waals surface area contributed by atoms with E-state index in [1.54, 1.807) is 0 Å². The highest BCUT2D eigenvalue weighted by molar-refractivity contribution is 5.06. The Balaban J connectivity index is 1.91. The molecular weight excluding hydrogens is 134 g/mol. The second-order valence-corrected chi connectivity index (χ2v) is 4.82. The smallest absolute Gasteiger partial charge is 0.0201 e. The number of hydrogen-bond acceptors (Lipinski definition) is 1. The van der Waals surface area contributed by atoms with Crippen LogP contribution in [0.4, 0.5) is 0 Å². The summed E-state index contributed by atoms with van der Waals surface area (Å²) in [5.41, 5.74) is 0.594. The maximum Gasteiger partial charge on any atom is 0.0201 e. The van der Waals surface area contributed by atoms with Gasteiger partial charge in [-0.25, -0.2) is 0 Å². The third-order valence-corrected chi connectivity index (χ3v) is 3.15. The standard InChI is InChI=1S/C10H19N/c1-8(2)6-10-5-3-4-9(7-10)11-10/h8-9,11H,3-7H2,1-2H3. The van der Waals surface area contributed by atoms with Gasteiger partial charge in [0.2, 0.25) is 0 Å². The number of piperidine rings is 1. The molecule has 11 heavy (non-hydrogen) atoms. The van der Waals surface area contributed by atoms with Gasteiger partial charge in [0.1, 0.15) is 0 Å². The molecule has 3 aliphatic rings. The first-order valence-corrected chi connectivity index (χ1v) is 4.98. The van der Waals surface area contributed by atoms with Crippen molar-refractivity contribution in [2.45, 2.75) is 57.5 Å². The van der Waals surface area contributed by atoms with E-state index in [0.29, 0.717) is 5.54 Å². The molecule has 0 radical (unpaired) electrons. The Hall–Kier alpha value is -0.0400. The van der Waals surface area contributed by atoms with Gasteiger partial charge in [0, 0.05) is 11.6 Å². The molecule has 2 atom stereocenters. The monoisotopic (exact) mass is 153 g/mol. The van der Waals surface area contributed by atoms with Crippen molar-refractivity contribution in [2.75, 3.05) is 0 Å². The zero-order valence-corrected chi connectivity index (χ0v) is 7.69. The molecule has 2 heterocycles. The molecular formula is C10H19N. The fourth-order valence-corrected chi connectivity index (χ4v) is 2.94. The zero-order valence-electron chi connectivity index (χ0n) is 7.69. The highest BCUT2D eigenvalue weighted by atomic mass is 15.1. The topological polar surface area (TPSA) is 12.0 Å². The minimum atomic E-state index is 0.594. The summed E-state index contributed by atoms with van der Waals surface area (Å²) in [7, 11) is 0. The van der Waals surface area contributed by atoms with Crippen molar-refractivity contribution in [3.63, 3.8) is 0 Å². The first-order chi connectivity index (χ1) is 5.20. The summed E-state index contributed by atoms with van der Waals surface area (Å²) < 4.78 is 0. The summed E-state index contributed by atoms with van der Waals surface area (Å²) in [6.07, 6.45) is 7.18. The van der Waals surface area contributed by atoms with Gasteiger partial charge >= 0.3 is 0 Å². The summed E-state index contributed by atoms with van der Waals surface area (Å²) in [5, 5.41) is 3.72. The predicted octanol–water partition coefficient (Wildman–Crippen LogP) is 2.32. The molecule has 0 spiro atoms. The van der Waals surface area contributed by atoms with Crippen LogP contribution in [0.5, 0.6) is 0 Å². The zero-order chi connectivity index (χ0) is 7.90. The predicted molar refractivity (Wildman–Crippen MR) is 47.6 cm³/mol. The molecule has 3 fully saturated rings. The molecule has 1 heteroatoms. The summed E-state index contributed by atoms with van der Waals surface area (Å²) in [6, 6.07) is 0.891. The summed E-state index contributed by atoms with van der Waals surface area (Å²) >= 11 is 0. The van der Waals surface area contributed by atoms with Crippen molar-refractivity contribution in [3.05, 3.63) is 0 Å². The van der Waals surface area contributed by atoms with Gasteiger partial charge in [-0.2, -0.15) is 0 Å². The van der Waals surface area contributed by atoms with Gasteiger partial charge in [-0.1, -0.05) is 20.3 Å². The van der Waals surface area contributed by atoms with Crippen LogP contribution in [0.15, 0.2) is 0 Å². The van der Waals surface area contributed by atoms with E-state index in [9.17, 15) is 0 Å². The number of rotatable bonds is 2. The Kier molecular flexibility index (Phi) is 1.71. The highest BCUT2D eigenvalue weighted by Crippen LogP contribution is 2.41. The Bertz CT molecular complexity index is 139. The molecule has 0 aromatic heterocycles. The molecule has 3 rings (SSSR count). The van der Waals surface area contributed by atoms with E-state index in [2.05, 4.69) is 19.2 Å². The maximum atomic E-state index is 3.72. The van der Waals surface area contributed by atoms with Crippen LogP contribution in [0.1, 0.15) is 46.0 Å². The van der Waals surface area contributed by atoms with Crippen LogP contribution in [0.2, 0.25) is 0 Å². The average molecular weight is 153 g/mol. The van der Waals surface area contributed by atoms with E-state index < -0.39 is 0 Å². The summed E-state index contributed by atoms with van der Waals surface area (Å²) in [5.74, 6) is 0.863. The van der Waals surface area contributed by atoms with Gasteiger partial charge in [-0.3, -0.25) is 0 Å². The van der Waals surface area contributed by atoms with Gasteiger partial charge in [-0.15, -0.1) is 0 Å². The quantitative estimate of drug-likeness (QED) is 0.642. The Morgan fingerprint density at radius 1 is 1.55 bits per heavy atom. The van der Waals surface area contributed by atoms with Gasteiger partial charge < -0.3 is 5.32 Å². The molecule has 1 aliphatic carbocycles. The molecule has 64 valence electrons. The minimum Gasteiger partial charge on any atom is -0.308 e. The van der Waals surface area contributed by atoms with Crippen LogP contribution in [0.25, 0.3) is 0 Å². The average Bonchev–Trinajstić information content (AvgIpc) is 1.84. The first-order valence-electron chi connectivity index (χ1n) is 4.98. The van der Waals surface area contributed by atoms with Gasteiger partial charge in [-0.05, 0) is 31.6 Å². The second-order valence-electron chi connectivity index (χ2n) is 4.82. The number of nitrogens with one attached hydrogen (secondary N) is 1. The summed E-state index contributed by atoms with van der Waals surface area (Å²) in [4.78, 5) is 0. The third kappa shape index (κ3) is 1.31. The van der Waals surface area contributed by atoms with E-state index in [0.717, 1.165) is 12.0 Å². The lowest BCUT2D eigenvalue weighted by atomic mass is 9.67. The van der Waals surface area contributed by atoms with E-state index in [1.807, 2.05) is 0 Å². The molecule has 1 nitrogen and oxygen atoms in total. The molecule has 2 unspecified atom stereocenters. The van der Waals surface area contributed by atoms with E-state index >= 15 is 0 Å². The third-order valence-electron chi connectivity index (χ3n) is 3.15. The van der Waals surface area contributed by atoms with Crippen molar-refractivity contribution < 1.29 is 0 Å². The fraction of sp³-hybridized carbons (Fsp3) is 1.00. The summed E-state index contributed by atoms with van der Waals surface area (Å²) in [6.45, 7) is 4.66. The second kappa shape index (κ2) is 2.48.